The fraction of sp³-hybridized carbons (Fsp3) is 0.894. The van der Waals surface area contributed by atoms with Gasteiger partial charge in [0.2, 0.25) is 5.91 Å². The molecule has 3 atom stereocenters. The van der Waals surface area contributed by atoms with E-state index >= 15 is 0 Å². The van der Waals surface area contributed by atoms with Crippen LogP contribution >= 0.6 is 0 Å². The number of hydrogen-bond acceptors (Lipinski definition) is 4. The lowest BCUT2D eigenvalue weighted by atomic mass is 10.0. The van der Waals surface area contributed by atoms with Crippen molar-refractivity contribution in [1.29, 1.82) is 0 Å². The number of allylic oxidation sites excluding steroid dienone is 3. The number of amides is 1. The SMILES string of the molecule is CCCCCCCCCCC/C=C\CCCCCCC(O)C(=O)NC(CO)C(O)/C=C/CCCCCCCCCCCCCCCCCCCCC. The van der Waals surface area contributed by atoms with Gasteiger partial charge in [-0.15, -0.1) is 0 Å². The Bertz CT molecular complexity index is 768. The molecule has 308 valence electrons. The molecule has 0 aromatic heterocycles. The molecule has 0 radical (unpaired) electrons. The summed E-state index contributed by atoms with van der Waals surface area (Å²) in [6, 6.07) is -0.800. The van der Waals surface area contributed by atoms with E-state index in [-0.39, 0.29) is 6.61 Å². The lowest BCUT2D eigenvalue weighted by molar-refractivity contribution is -0.131. The minimum absolute atomic E-state index is 0.365. The number of unbranched alkanes of at least 4 members (excludes halogenated alkanes) is 32. The van der Waals surface area contributed by atoms with E-state index in [1.807, 2.05) is 6.08 Å². The van der Waals surface area contributed by atoms with Crippen LogP contribution in [-0.2, 0) is 4.79 Å². The largest absolute Gasteiger partial charge is 0.394 e. The molecule has 0 rings (SSSR count). The van der Waals surface area contributed by atoms with Gasteiger partial charge in [0.25, 0.3) is 0 Å². The second kappa shape index (κ2) is 42.6. The van der Waals surface area contributed by atoms with Crippen molar-refractivity contribution in [2.45, 2.75) is 263 Å². The van der Waals surface area contributed by atoms with Gasteiger partial charge >= 0.3 is 0 Å². The lowest BCUT2D eigenvalue weighted by Gasteiger charge is -2.21. The molecular weight excluding hydrogens is 643 g/mol. The van der Waals surface area contributed by atoms with Crippen LogP contribution < -0.4 is 5.32 Å². The first-order valence-electron chi connectivity index (χ1n) is 23.2. The van der Waals surface area contributed by atoms with Gasteiger partial charge in [0.05, 0.1) is 18.8 Å². The van der Waals surface area contributed by atoms with E-state index in [9.17, 15) is 20.1 Å². The molecule has 0 aliphatic heterocycles. The Labute approximate surface area is 324 Å². The molecule has 0 spiro atoms. The van der Waals surface area contributed by atoms with E-state index in [4.69, 9.17) is 0 Å². The summed E-state index contributed by atoms with van der Waals surface area (Å²) in [6.07, 6.45) is 52.1. The number of carbonyl (C=O) groups is 1. The second-order valence-electron chi connectivity index (χ2n) is 16.0. The van der Waals surface area contributed by atoms with Crippen LogP contribution in [0.5, 0.6) is 0 Å². The van der Waals surface area contributed by atoms with E-state index in [2.05, 4.69) is 31.3 Å². The Morgan fingerprint density at radius 3 is 1.12 bits per heavy atom. The Morgan fingerprint density at radius 2 is 0.769 bits per heavy atom. The van der Waals surface area contributed by atoms with Crippen LogP contribution in [0.25, 0.3) is 0 Å². The van der Waals surface area contributed by atoms with Crippen LogP contribution in [0.1, 0.15) is 245 Å². The fourth-order valence-corrected chi connectivity index (χ4v) is 7.12. The van der Waals surface area contributed by atoms with Crippen molar-refractivity contribution in [3.05, 3.63) is 24.3 Å². The maximum Gasteiger partial charge on any atom is 0.249 e. The molecule has 52 heavy (non-hydrogen) atoms. The molecule has 0 aliphatic rings. The average molecular weight is 734 g/mol. The molecule has 0 aromatic carbocycles. The van der Waals surface area contributed by atoms with Crippen LogP contribution in [0.2, 0.25) is 0 Å². The molecule has 4 N–H and O–H groups in total. The van der Waals surface area contributed by atoms with Crippen molar-refractivity contribution in [2.24, 2.45) is 0 Å². The van der Waals surface area contributed by atoms with Crippen molar-refractivity contribution in [1.82, 2.24) is 5.32 Å². The highest BCUT2D eigenvalue weighted by atomic mass is 16.3. The first kappa shape index (κ1) is 50.8. The molecule has 3 unspecified atom stereocenters. The van der Waals surface area contributed by atoms with Crippen molar-refractivity contribution >= 4 is 5.91 Å². The van der Waals surface area contributed by atoms with Crippen molar-refractivity contribution in [3.8, 4) is 0 Å². The smallest absolute Gasteiger partial charge is 0.249 e. The normalized spacial score (nSPS) is 13.7. The first-order chi connectivity index (χ1) is 25.6. The second-order valence-corrected chi connectivity index (χ2v) is 16.0. The van der Waals surface area contributed by atoms with E-state index < -0.39 is 24.2 Å². The predicted octanol–water partition coefficient (Wildman–Crippen LogP) is 13.4. The summed E-state index contributed by atoms with van der Waals surface area (Å²) >= 11 is 0. The summed E-state index contributed by atoms with van der Waals surface area (Å²) < 4.78 is 0. The first-order valence-corrected chi connectivity index (χ1v) is 23.2. The topological polar surface area (TPSA) is 89.8 Å². The van der Waals surface area contributed by atoms with Crippen LogP contribution in [0, 0.1) is 0 Å². The summed E-state index contributed by atoms with van der Waals surface area (Å²) in [4.78, 5) is 12.5. The minimum atomic E-state index is -1.11. The fourth-order valence-electron chi connectivity index (χ4n) is 7.12. The van der Waals surface area contributed by atoms with Gasteiger partial charge in [-0.1, -0.05) is 224 Å². The number of carbonyl (C=O) groups excluding carboxylic acids is 1. The maximum atomic E-state index is 12.5. The van der Waals surface area contributed by atoms with Crippen LogP contribution in [0.4, 0.5) is 0 Å². The van der Waals surface area contributed by atoms with Crippen molar-refractivity contribution in [3.63, 3.8) is 0 Å². The third-order valence-corrected chi connectivity index (χ3v) is 10.8. The van der Waals surface area contributed by atoms with E-state index in [0.717, 1.165) is 44.9 Å². The third kappa shape index (κ3) is 37.2. The zero-order chi connectivity index (χ0) is 38.0. The average Bonchev–Trinajstić information content (AvgIpc) is 3.15. The van der Waals surface area contributed by atoms with E-state index in [1.165, 1.54) is 180 Å². The van der Waals surface area contributed by atoms with Crippen molar-refractivity contribution < 1.29 is 20.1 Å². The lowest BCUT2D eigenvalue weighted by Crippen LogP contribution is -2.48. The highest BCUT2D eigenvalue weighted by Gasteiger charge is 2.22. The third-order valence-electron chi connectivity index (χ3n) is 10.8. The quantitative estimate of drug-likeness (QED) is 0.0371. The summed E-state index contributed by atoms with van der Waals surface area (Å²) in [5.74, 6) is -0.510. The Morgan fingerprint density at radius 1 is 0.462 bits per heavy atom. The van der Waals surface area contributed by atoms with Gasteiger partial charge in [-0.05, 0) is 44.9 Å². The van der Waals surface area contributed by atoms with Crippen LogP contribution in [0.3, 0.4) is 0 Å². The van der Waals surface area contributed by atoms with Gasteiger partial charge in [-0.25, -0.2) is 0 Å². The highest BCUT2D eigenvalue weighted by molar-refractivity contribution is 5.80. The molecule has 5 heteroatoms. The zero-order valence-corrected chi connectivity index (χ0v) is 35.0. The maximum absolute atomic E-state index is 12.5. The molecule has 0 heterocycles. The van der Waals surface area contributed by atoms with E-state index in [1.54, 1.807) is 6.08 Å². The zero-order valence-electron chi connectivity index (χ0n) is 35.0. The number of hydrogen-bond donors (Lipinski definition) is 4. The molecule has 0 aromatic rings. The monoisotopic (exact) mass is 734 g/mol. The van der Waals surface area contributed by atoms with Gasteiger partial charge in [0.1, 0.15) is 6.10 Å². The van der Waals surface area contributed by atoms with Crippen LogP contribution in [-0.4, -0.2) is 46.1 Å². The summed E-state index contributed by atoms with van der Waals surface area (Å²) in [5, 5.41) is 33.2. The Balaban J connectivity index is 3.66. The van der Waals surface area contributed by atoms with Crippen LogP contribution in [0.15, 0.2) is 24.3 Å². The standard InChI is InChI=1S/C47H91NO4/c1-3-5-7-9-11-13-15-17-19-21-22-23-24-26-27-29-31-33-35-37-39-41-45(50)44(43-49)48-47(52)46(51)42-40-38-36-34-32-30-28-25-20-18-16-14-12-10-8-6-4-2/h28,30,39,41,44-46,49-51H,3-27,29,31-38,40,42-43H2,1-2H3,(H,48,52)/b30-28-,41-39+. The van der Waals surface area contributed by atoms with Gasteiger partial charge < -0.3 is 20.6 Å². The molecule has 0 saturated carbocycles. The minimum Gasteiger partial charge on any atom is -0.394 e. The van der Waals surface area contributed by atoms with Gasteiger partial charge in [0.15, 0.2) is 0 Å². The van der Waals surface area contributed by atoms with Crippen molar-refractivity contribution in [2.75, 3.05) is 6.61 Å². The Kier molecular flexibility index (Phi) is 41.6. The van der Waals surface area contributed by atoms with Gasteiger partial charge in [-0.3, -0.25) is 4.79 Å². The number of rotatable bonds is 42. The predicted molar refractivity (Wildman–Crippen MR) is 227 cm³/mol. The number of aliphatic hydroxyl groups excluding tert-OH is 3. The molecule has 5 nitrogen and oxygen atoms in total. The molecule has 0 aliphatic carbocycles. The Hall–Kier alpha value is -1.17. The van der Waals surface area contributed by atoms with E-state index in [0.29, 0.717) is 6.42 Å². The molecule has 1 amide bonds. The van der Waals surface area contributed by atoms with Gasteiger partial charge in [-0.2, -0.15) is 0 Å². The molecule has 0 fully saturated rings. The number of aliphatic hydroxyl groups is 3. The molecular formula is C47H91NO4. The summed E-state index contributed by atoms with van der Waals surface area (Å²) in [6.45, 7) is 4.19. The molecule has 0 saturated heterocycles. The summed E-state index contributed by atoms with van der Waals surface area (Å²) in [5.41, 5.74) is 0. The number of nitrogens with one attached hydrogen (secondary N) is 1. The highest BCUT2D eigenvalue weighted by Crippen LogP contribution is 2.16. The van der Waals surface area contributed by atoms with Gasteiger partial charge in [0, 0.05) is 0 Å². The molecule has 0 bridgehead atoms. The summed E-state index contributed by atoms with van der Waals surface area (Å²) in [7, 11) is 0.